The molecule has 0 radical (unpaired) electrons. The summed E-state index contributed by atoms with van der Waals surface area (Å²) in [6, 6.07) is 5.78. The summed E-state index contributed by atoms with van der Waals surface area (Å²) in [5.41, 5.74) is 1.09. The Morgan fingerprint density at radius 1 is 1.31 bits per heavy atom. The van der Waals surface area contributed by atoms with Crippen molar-refractivity contribution >= 4 is 5.52 Å². The molecule has 0 fully saturated rings. The van der Waals surface area contributed by atoms with Crippen LogP contribution in [0, 0.1) is 0 Å². The maximum Gasteiger partial charge on any atom is 0.0855 e. The van der Waals surface area contributed by atoms with Crippen LogP contribution >= 0.6 is 0 Å². The molecule has 0 aliphatic heterocycles. The topological polar surface area (TPSA) is 37.5 Å². The second kappa shape index (κ2) is 2.57. The van der Waals surface area contributed by atoms with Crippen molar-refractivity contribution in [3.05, 3.63) is 36.2 Å². The Kier molecular flexibility index (Phi) is 1.63. The minimum absolute atomic E-state index is 0.805. The van der Waals surface area contributed by atoms with Gasteiger partial charge < -0.3 is 5.11 Å². The standard InChI is InChI=1S/C10H12N2O/c1-10(2,13)8-3-4-9-5-6-11-12(9)7-8/h3-7,13H,1-2H3. The number of aromatic nitrogens is 2. The Hall–Kier alpha value is -1.35. The summed E-state index contributed by atoms with van der Waals surface area (Å²) < 4.78 is 1.76. The molecule has 3 nitrogen and oxygen atoms in total. The molecule has 13 heavy (non-hydrogen) atoms. The smallest absolute Gasteiger partial charge is 0.0855 e. The van der Waals surface area contributed by atoms with Crippen LogP contribution < -0.4 is 0 Å². The van der Waals surface area contributed by atoms with Gasteiger partial charge in [-0.1, -0.05) is 6.07 Å². The lowest BCUT2D eigenvalue weighted by Gasteiger charge is -2.17. The van der Waals surface area contributed by atoms with Crippen LogP contribution in [0.5, 0.6) is 0 Å². The first-order valence-electron chi connectivity index (χ1n) is 4.23. The Bertz CT molecular complexity index is 426. The average molecular weight is 176 g/mol. The molecule has 2 rings (SSSR count). The van der Waals surface area contributed by atoms with Gasteiger partial charge in [-0.05, 0) is 26.0 Å². The third-order valence-corrected chi connectivity index (χ3v) is 2.10. The second-order valence-corrected chi connectivity index (χ2v) is 3.68. The van der Waals surface area contributed by atoms with Crippen molar-refractivity contribution in [2.75, 3.05) is 0 Å². The van der Waals surface area contributed by atoms with E-state index in [1.54, 1.807) is 24.6 Å². The Morgan fingerprint density at radius 2 is 2.08 bits per heavy atom. The van der Waals surface area contributed by atoms with Crippen LogP contribution in [0.15, 0.2) is 30.6 Å². The minimum Gasteiger partial charge on any atom is -0.386 e. The van der Waals surface area contributed by atoms with Crippen LogP contribution in [-0.2, 0) is 5.60 Å². The zero-order valence-corrected chi connectivity index (χ0v) is 7.73. The van der Waals surface area contributed by atoms with E-state index < -0.39 is 5.60 Å². The molecule has 0 saturated carbocycles. The van der Waals surface area contributed by atoms with Crippen LogP contribution in [0.2, 0.25) is 0 Å². The molecule has 0 atom stereocenters. The lowest BCUT2D eigenvalue weighted by molar-refractivity contribution is 0.0780. The van der Waals surface area contributed by atoms with Crippen LogP contribution in [0.3, 0.4) is 0 Å². The van der Waals surface area contributed by atoms with Gasteiger partial charge in [-0.2, -0.15) is 5.10 Å². The lowest BCUT2D eigenvalue weighted by Crippen LogP contribution is -2.16. The second-order valence-electron chi connectivity index (χ2n) is 3.68. The van der Waals surface area contributed by atoms with E-state index in [9.17, 15) is 5.11 Å². The average Bonchev–Trinajstić information content (AvgIpc) is 2.47. The molecular formula is C10H12N2O. The van der Waals surface area contributed by atoms with Crippen molar-refractivity contribution < 1.29 is 5.11 Å². The summed E-state index contributed by atoms with van der Waals surface area (Å²) in [6.07, 6.45) is 3.58. The highest BCUT2D eigenvalue weighted by Crippen LogP contribution is 2.19. The van der Waals surface area contributed by atoms with E-state index in [1.165, 1.54) is 0 Å². The number of rotatable bonds is 1. The number of fused-ring (bicyclic) bond motifs is 1. The summed E-state index contributed by atoms with van der Waals surface area (Å²) >= 11 is 0. The third-order valence-electron chi connectivity index (χ3n) is 2.10. The van der Waals surface area contributed by atoms with Gasteiger partial charge in [0, 0.05) is 18.0 Å². The molecule has 0 spiro atoms. The van der Waals surface area contributed by atoms with E-state index in [0.29, 0.717) is 0 Å². The van der Waals surface area contributed by atoms with Crippen LogP contribution in [0.4, 0.5) is 0 Å². The van der Waals surface area contributed by atoms with Gasteiger partial charge in [0.25, 0.3) is 0 Å². The summed E-state index contributed by atoms with van der Waals surface area (Å²) in [7, 11) is 0. The van der Waals surface area contributed by atoms with Crippen LogP contribution in [-0.4, -0.2) is 14.7 Å². The quantitative estimate of drug-likeness (QED) is 0.716. The third kappa shape index (κ3) is 1.42. The highest BCUT2D eigenvalue weighted by molar-refractivity contribution is 5.46. The van der Waals surface area contributed by atoms with Crippen molar-refractivity contribution in [1.29, 1.82) is 0 Å². The van der Waals surface area contributed by atoms with Gasteiger partial charge >= 0.3 is 0 Å². The molecule has 0 unspecified atom stereocenters. The number of hydrogen-bond acceptors (Lipinski definition) is 2. The molecule has 0 aliphatic carbocycles. The van der Waals surface area contributed by atoms with Crippen molar-refractivity contribution in [3.63, 3.8) is 0 Å². The van der Waals surface area contributed by atoms with E-state index >= 15 is 0 Å². The number of aliphatic hydroxyl groups is 1. The predicted molar refractivity (Wildman–Crippen MR) is 50.4 cm³/mol. The number of nitrogens with zero attached hydrogens (tertiary/aromatic N) is 2. The number of pyridine rings is 1. The molecule has 1 N–H and O–H groups in total. The normalized spacial score (nSPS) is 12.2. The SMILES string of the molecule is CC(C)(O)c1ccc2ccnn2c1. The summed E-state index contributed by atoms with van der Waals surface area (Å²) in [5.74, 6) is 0. The molecule has 0 amide bonds. The van der Waals surface area contributed by atoms with Crippen LogP contribution in [0.1, 0.15) is 19.4 Å². The molecule has 68 valence electrons. The Balaban J connectivity index is 2.61. The highest BCUT2D eigenvalue weighted by atomic mass is 16.3. The van der Waals surface area contributed by atoms with Crippen molar-refractivity contribution in [1.82, 2.24) is 9.61 Å². The molecule has 0 aromatic carbocycles. The van der Waals surface area contributed by atoms with Gasteiger partial charge in [-0.15, -0.1) is 0 Å². The van der Waals surface area contributed by atoms with E-state index in [1.807, 2.05) is 24.4 Å². The van der Waals surface area contributed by atoms with Crippen molar-refractivity contribution in [2.24, 2.45) is 0 Å². The van der Waals surface area contributed by atoms with Gasteiger partial charge in [-0.25, -0.2) is 4.52 Å². The fourth-order valence-electron chi connectivity index (χ4n) is 1.28. The van der Waals surface area contributed by atoms with Crippen molar-refractivity contribution in [2.45, 2.75) is 19.4 Å². The fraction of sp³-hybridized carbons (Fsp3) is 0.300. The van der Waals surface area contributed by atoms with Crippen molar-refractivity contribution in [3.8, 4) is 0 Å². The molecule has 2 aromatic rings. The largest absolute Gasteiger partial charge is 0.386 e. The number of hydrogen-bond donors (Lipinski definition) is 1. The van der Waals surface area contributed by atoms with E-state index in [4.69, 9.17) is 0 Å². The zero-order chi connectivity index (χ0) is 9.47. The van der Waals surface area contributed by atoms with Gasteiger partial charge in [0.15, 0.2) is 0 Å². The van der Waals surface area contributed by atoms with E-state index in [-0.39, 0.29) is 0 Å². The molecule has 2 heterocycles. The molecule has 0 bridgehead atoms. The van der Waals surface area contributed by atoms with Gasteiger partial charge in [-0.3, -0.25) is 0 Å². The highest BCUT2D eigenvalue weighted by Gasteiger charge is 2.15. The molecular weight excluding hydrogens is 164 g/mol. The van der Waals surface area contributed by atoms with Gasteiger partial charge in [0.05, 0.1) is 11.1 Å². The monoisotopic (exact) mass is 176 g/mol. The maximum atomic E-state index is 9.74. The summed E-state index contributed by atoms with van der Waals surface area (Å²) in [5, 5.41) is 13.8. The molecule has 2 aromatic heterocycles. The van der Waals surface area contributed by atoms with Crippen LogP contribution in [0.25, 0.3) is 5.52 Å². The minimum atomic E-state index is -0.805. The van der Waals surface area contributed by atoms with E-state index in [0.717, 1.165) is 11.1 Å². The molecule has 0 aliphatic rings. The summed E-state index contributed by atoms with van der Waals surface area (Å²) in [6.45, 7) is 3.52. The zero-order valence-electron chi connectivity index (χ0n) is 7.73. The summed E-state index contributed by atoms with van der Waals surface area (Å²) in [4.78, 5) is 0. The predicted octanol–water partition coefficient (Wildman–Crippen LogP) is 1.56. The molecule has 3 heteroatoms. The first-order chi connectivity index (χ1) is 6.07. The van der Waals surface area contributed by atoms with Gasteiger partial charge in [0.1, 0.15) is 0 Å². The Labute approximate surface area is 76.6 Å². The van der Waals surface area contributed by atoms with E-state index in [2.05, 4.69) is 5.10 Å². The Morgan fingerprint density at radius 3 is 2.77 bits per heavy atom. The first kappa shape index (κ1) is 8.26. The maximum absolute atomic E-state index is 9.74. The first-order valence-corrected chi connectivity index (χ1v) is 4.23. The fourth-order valence-corrected chi connectivity index (χ4v) is 1.28. The lowest BCUT2D eigenvalue weighted by atomic mass is 10.0. The van der Waals surface area contributed by atoms with Gasteiger partial charge in [0.2, 0.25) is 0 Å². The molecule has 0 saturated heterocycles.